The van der Waals surface area contributed by atoms with E-state index in [0.717, 1.165) is 5.56 Å². The number of aromatic amines is 1. The van der Waals surface area contributed by atoms with E-state index >= 15 is 0 Å². The van der Waals surface area contributed by atoms with Crippen LogP contribution in [0.5, 0.6) is 0 Å². The molecule has 1 fully saturated rings. The van der Waals surface area contributed by atoms with Crippen LogP contribution in [0.3, 0.4) is 0 Å². The summed E-state index contributed by atoms with van der Waals surface area (Å²) in [4.78, 5) is 11.2. The van der Waals surface area contributed by atoms with Gasteiger partial charge in [-0.05, 0) is 0 Å². The second kappa shape index (κ2) is 6.39. The molecule has 0 spiro atoms. The number of nitrogens with two attached hydrogens (primary N) is 1. The molecule has 1 aliphatic heterocycles. The Hall–Kier alpha value is -1.39. The average molecular weight is 325 g/mol. The van der Waals surface area contributed by atoms with E-state index in [0.29, 0.717) is 28.4 Å². The normalized spacial score (nSPS) is 28.5. The molecule has 3 rings (SSSR count). The number of aliphatic hydroxyl groups is 3. The summed E-state index contributed by atoms with van der Waals surface area (Å²) >= 11 is 1.52. The zero-order valence-corrected chi connectivity index (χ0v) is 12.6. The minimum absolute atomic E-state index is 0.0953. The van der Waals surface area contributed by atoms with Crippen LogP contribution in [0.15, 0.2) is 12.5 Å². The zero-order chi connectivity index (χ0) is 15.7. The van der Waals surface area contributed by atoms with E-state index in [1.54, 1.807) is 6.20 Å². The summed E-state index contributed by atoms with van der Waals surface area (Å²) < 4.78 is 0. The third-order valence-corrected chi connectivity index (χ3v) is 4.95. The third kappa shape index (κ3) is 2.66. The number of fused-ring (bicyclic) bond motifs is 1. The standard InChI is InChI=1S/C13H19N5O3S/c14-13-10-8(16-5-17-13)6(3-15-10)9-12(21)11(20)7(18-9)4-22-2-1-19/h3,5,7,9,11-12,15,18-21H,1-2,4H2,(H2,14,16,17)/t7-,9+,11+,12?/m1/s1. The molecule has 2 aromatic heterocycles. The van der Waals surface area contributed by atoms with Crippen LogP contribution in [-0.4, -0.2) is 66.6 Å². The van der Waals surface area contributed by atoms with Crippen molar-refractivity contribution >= 4 is 28.6 Å². The maximum atomic E-state index is 10.3. The van der Waals surface area contributed by atoms with Crippen LogP contribution in [0.2, 0.25) is 0 Å². The molecule has 0 aromatic carbocycles. The Balaban J connectivity index is 1.83. The molecule has 0 saturated carbocycles. The molecule has 0 amide bonds. The van der Waals surface area contributed by atoms with Gasteiger partial charge in [0.1, 0.15) is 17.9 Å². The van der Waals surface area contributed by atoms with Crippen LogP contribution < -0.4 is 11.1 Å². The molecular weight excluding hydrogens is 306 g/mol. The van der Waals surface area contributed by atoms with Gasteiger partial charge in [0.05, 0.1) is 24.3 Å². The van der Waals surface area contributed by atoms with Crippen LogP contribution in [0.4, 0.5) is 5.82 Å². The van der Waals surface area contributed by atoms with Crippen molar-refractivity contribution in [2.24, 2.45) is 0 Å². The van der Waals surface area contributed by atoms with Gasteiger partial charge in [0.25, 0.3) is 0 Å². The average Bonchev–Trinajstić information content (AvgIpc) is 3.05. The van der Waals surface area contributed by atoms with Crippen molar-refractivity contribution in [2.45, 2.75) is 24.3 Å². The van der Waals surface area contributed by atoms with Gasteiger partial charge < -0.3 is 31.4 Å². The number of H-pyrrole nitrogens is 1. The highest BCUT2D eigenvalue weighted by molar-refractivity contribution is 7.99. The molecule has 4 atom stereocenters. The summed E-state index contributed by atoms with van der Waals surface area (Å²) in [5.74, 6) is 1.55. The molecule has 1 aliphatic rings. The molecule has 0 radical (unpaired) electrons. The van der Waals surface area contributed by atoms with Gasteiger partial charge in [0, 0.05) is 29.3 Å². The largest absolute Gasteiger partial charge is 0.396 e. The topological polar surface area (TPSA) is 140 Å². The minimum Gasteiger partial charge on any atom is -0.396 e. The molecule has 8 nitrogen and oxygen atoms in total. The second-order valence-electron chi connectivity index (χ2n) is 5.26. The lowest BCUT2D eigenvalue weighted by molar-refractivity contribution is 0.0308. The fourth-order valence-electron chi connectivity index (χ4n) is 2.77. The predicted octanol–water partition coefficient (Wildman–Crippen LogP) is -1.000. The molecule has 9 heteroatoms. The van der Waals surface area contributed by atoms with Crippen molar-refractivity contribution in [1.29, 1.82) is 0 Å². The summed E-state index contributed by atoms with van der Waals surface area (Å²) in [5.41, 5.74) is 7.81. The number of nitrogens with zero attached hydrogens (tertiary/aromatic N) is 2. The lowest BCUT2D eigenvalue weighted by Crippen LogP contribution is -2.35. The number of aliphatic hydroxyl groups excluding tert-OH is 3. The Labute approximate surface area is 131 Å². The van der Waals surface area contributed by atoms with Gasteiger partial charge in [-0.1, -0.05) is 0 Å². The van der Waals surface area contributed by atoms with Crippen molar-refractivity contribution in [3.8, 4) is 0 Å². The monoisotopic (exact) mass is 325 g/mol. The van der Waals surface area contributed by atoms with Gasteiger partial charge in [-0.3, -0.25) is 0 Å². The highest BCUT2D eigenvalue weighted by Crippen LogP contribution is 2.33. The van der Waals surface area contributed by atoms with Crippen molar-refractivity contribution in [2.75, 3.05) is 23.8 Å². The summed E-state index contributed by atoms with van der Waals surface area (Å²) in [6.45, 7) is 0.0953. The van der Waals surface area contributed by atoms with Gasteiger partial charge in [0.2, 0.25) is 0 Å². The molecule has 2 aromatic rings. The molecule has 22 heavy (non-hydrogen) atoms. The zero-order valence-electron chi connectivity index (χ0n) is 11.8. The van der Waals surface area contributed by atoms with E-state index in [4.69, 9.17) is 10.8 Å². The molecule has 0 bridgehead atoms. The Morgan fingerprint density at radius 1 is 1.27 bits per heavy atom. The van der Waals surface area contributed by atoms with Crippen molar-refractivity contribution in [1.82, 2.24) is 20.3 Å². The van der Waals surface area contributed by atoms with Crippen LogP contribution in [0.1, 0.15) is 11.6 Å². The number of nitrogens with one attached hydrogen (secondary N) is 2. The Bertz CT molecular complexity index is 652. The van der Waals surface area contributed by atoms with Crippen molar-refractivity contribution < 1.29 is 15.3 Å². The first-order valence-corrected chi connectivity index (χ1v) is 8.17. The SMILES string of the molecule is Nc1ncnc2c([C@@H]3N[C@H](CSCCO)[C@H](O)C3O)c[nH]c12. The van der Waals surface area contributed by atoms with Crippen LogP contribution >= 0.6 is 11.8 Å². The van der Waals surface area contributed by atoms with E-state index in [2.05, 4.69) is 20.3 Å². The van der Waals surface area contributed by atoms with Gasteiger partial charge in [-0.2, -0.15) is 11.8 Å². The predicted molar refractivity (Wildman–Crippen MR) is 84.4 cm³/mol. The number of anilines is 1. The fraction of sp³-hybridized carbons (Fsp3) is 0.538. The van der Waals surface area contributed by atoms with Gasteiger partial charge in [-0.25, -0.2) is 9.97 Å². The Kier molecular flexibility index (Phi) is 4.50. The third-order valence-electron chi connectivity index (χ3n) is 3.89. The molecular formula is C13H19N5O3S. The van der Waals surface area contributed by atoms with Gasteiger partial charge in [-0.15, -0.1) is 0 Å². The number of nitrogen functional groups attached to an aromatic ring is 1. The molecule has 1 saturated heterocycles. The van der Waals surface area contributed by atoms with Gasteiger partial charge in [0.15, 0.2) is 5.82 Å². The Morgan fingerprint density at radius 3 is 2.86 bits per heavy atom. The summed E-state index contributed by atoms with van der Waals surface area (Å²) in [7, 11) is 0. The highest BCUT2D eigenvalue weighted by atomic mass is 32.2. The maximum absolute atomic E-state index is 10.3. The summed E-state index contributed by atoms with van der Waals surface area (Å²) in [6.07, 6.45) is 1.30. The van der Waals surface area contributed by atoms with Crippen LogP contribution in [0.25, 0.3) is 11.0 Å². The van der Waals surface area contributed by atoms with E-state index in [9.17, 15) is 10.2 Å². The van der Waals surface area contributed by atoms with E-state index in [-0.39, 0.29) is 12.6 Å². The molecule has 7 N–H and O–H groups in total. The molecule has 3 heterocycles. The van der Waals surface area contributed by atoms with Crippen LogP contribution in [-0.2, 0) is 0 Å². The first-order valence-electron chi connectivity index (χ1n) is 7.01. The fourth-order valence-corrected chi connectivity index (χ4v) is 3.62. The lowest BCUT2D eigenvalue weighted by Gasteiger charge is -2.14. The van der Waals surface area contributed by atoms with Crippen molar-refractivity contribution in [3.05, 3.63) is 18.1 Å². The number of thioether (sulfide) groups is 1. The quantitative estimate of drug-likeness (QED) is 0.385. The maximum Gasteiger partial charge on any atom is 0.151 e. The highest BCUT2D eigenvalue weighted by Gasteiger charge is 2.42. The van der Waals surface area contributed by atoms with Crippen LogP contribution in [0, 0.1) is 0 Å². The van der Waals surface area contributed by atoms with E-state index in [1.165, 1.54) is 18.1 Å². The number of hydrogen-bond acceptors (Lipinski definition) is 8. The molecule has 0 aliphatic carbocycles. The summed E-state index contributed by atoms with van der Waals surface area (Å²) in [6, 6.07) is -0.682. The summed E-state index contributed by atoms with van der Waals surface area (Å²) in [5, 5.41) is 32.6. The number of rotatable bonds is 5. The smallest absolute Gasteiger partial charge is 0.151 e. The molecule has 120 valence electrons. The molecule has 1 unspecified atom stereocenters. The Morgan fingerprint density at radius 2 is 2.09 bits per heavy atom. The van der Waals surface area contributed by atoms with E-state index < -0.39 is 18.2 Å². The van der Waals surface area contributed by atoms with Crippen molar-refractivity contribution in [3.63, 3.8) is 0 Å². The minimum atomic E-state index is -0.935. The van der Waals surface area contributed by atoms with E-state index in [1.807, 2.05) is 0 Å². The lowest BCUT2D eigenvalue weighted by atomic mass is 10.0. The second-order valence-corrected chi connectivity index (χ2v) is 6.41. The number of hydrogen-bond donors (Lipinski definition) is 6. The van der Waals surface area contributed by atoms with Gasteiger partial charge >= 0.3 is 0 Å². The first kappa shape index (κ1) is 15.5. The number of aromatic nitrogens is 3. The first-order chi connectivity index (χ1) is 10.6.